The number of likely N-dealkylation sites (N-methyl/N-ethyl adjacent to an activating group) is 1. The Labute approximate surface area is 118 Å². The normalized spacial score (nSPS) is 19.8. The van der Waals surface area contributed by atoms with Crippen LogP contribution in [0.1, 0.15) is 47.0 Å². The number of thiazole rings is 1. The molecule has 0 aromatic carbocycles. The van der Waals surface area contributed by atoms with Crippen molar-refractivity contribution >= 4 is 22.8 Å². The first-order valence-electron chi connectivity index (χ1n) is 7.17. The summed E-state index contributed by atoms with van der Waals surface area (Å²) in [5.74, 6) is 0.553. The Hall–Kier alpha value is -0.940. The molecule has 1 aromatic rings. The van der Waals surface area contributed by atoms with Gasteiger partial charge >= 0.3 is 0 Å². The Morgan fingerprint density at radius 3 is 2.79 bits per heavy atom. The molecule has 0 radical (unpaired) electrons. The first-order chi connectivity index (χ1) is 9.28. The Kier molecular flexibility index (Phi) is 3.84. The van der Waals surface area contributed by atoms with Crippen LogP contribution in [0, 0.1) is 0 Å². The van der Waals surface area contributed by atoms with E-state index in [1.165, 1.54) is 38.8 Å². The minimum atomic E-state index is 0.553. The second kappa shape index (κ2) is 5.59. The molecule has 5 heteroatoms. The smallest absolute Gasteiger partial charge is 0.186 e. The van der Waals surface area contributed by atoms with Crippen molar-refractivity contribution in [1.29, 1.82) is 0 Å². The van der Waals surface area contributed by atoms with E-state index in [9.17, 15) is 4.79 Å². The number of aromatic nitrogens is 1. The van der Waals surface area contributed by atoms with Crippen LogP contribution in [-0.4, -0.2) is 49.4 Å². The van der Waals surface area contributed by atoms with Gasteiger partial charge in [-0.3, -0.25) is 4.79 Å². The molecule has 1 saturated heterocycles. The van der Waals surface area contributed by atoms with Crippen LogP contribution in [-0.2, 0) is 0 Å². The van der Waals surface area contributed by atoms with Gasteiger partial charge in [0.1, 0.15) is 0 Å². The van der Waals surface area contributed by atoms with Crippen LogP contribution < -0.4 is 4.90 Å². The van der Waals surface area contributed by atoms with E-state index in [1.807, 2.05) is 0 Å². The van der Waals surface area contributed by atoms with E-state index >= 15 is 0 Å². The van der Waals surface area contributed by atoms with E-state index in [1.54, 1.807) is 11.3 Å². The Bertz CT molecular complexity index is 450. The average Bonchev–Trinajstić information content (AvgIpc) is 2.98. The molecule has 0 bridgehead atoms. The van der Waals surface area contributed by atoms with Gasteiger partial charge in [0.25, 0.3) is 0 Å². The summed E-state index contributed by atoms with van der Waals surface area (Å²) in [6.07, 6.45) is 6.04. The quantitative estimate of drug-likeness (QED) is 0.749. The summed E-state index contributed by atoms with van der Waals surface area (Å²) in [7, 11) is 2.08. The Morgan fingerprint density at radius 2 is 2.16 bits per heavy atom. The molecule has 2 fully saturated rings. The van der Waals surface area contributed by atoms with Gasteiger partial charge in [0, 0.05) is 26.1 Å². The second-order valence-electron chi connectivity index (χ2n) is 5.61. The fraction of sp³-hybridized carbons (Fsp3) is 0.714. The molecule has 0 amide bonds. The summed E-state index contributed by atoms with van der Waals surface area (Å²) in [4.78, 5) is 21.3. The summed E-state index contributed by atoms with van der Waals surface area (Å²) < 4.78 is 0. The SMILES string of the molecule is CN(CCN1CCCC1)c1nc(C2CC2)c(C=O)s1. The van der Waals surface area contributed by atoms with Gasteiger partial charge in [-0.05, 0) is 38.8 Å². The van der Waals surface area contributed by atoms with E-state index in [0.717, 1.165) is 35.1 Å². The molecule has 0 unspecified atom stereocenters. The molecular weight excluding hydrogens is 258 g/mol. The van der Waals surface area contributed by atoms with Crippen molar-refractivity contribution in [3.05, 3.63) is 10.6 Å². The number of rotatable bonds is 6. The fourth-order valence-corrected chi connectivity index (χ4v) is 3.57. The van der Waals surface area contributed by atoms with E-state index in [2.05, 4.69) is 21.8 Å². The molecule has 104 valence electrons. The number of carbonyl (C=O) groups is 1. The van der Waals surface area contributed by atoms with Gasteiger partial charge < -0.3 is 9.80 Å². The first-order valence-corrected chi connectivity index (χ1v) is 7.99. The molecule has 3 rings (SSSR count). The molecular formula is C14H21N3OS. The topological polar surface area (TPSA) is 36.4 Å². The zero-order valence-electron chi connectivity index (χ0n) is 11.5. The zero-order valence-corrected chi connectivity index (χ0v) is 12.3. The van der Waals surface area contributed by atoms with Crippen LogP contribution in [0.15, 0.2) is 0 Å². The molecule has 0 N–H and O–H groups in total. The van der Waals surface area contributed by atoms with Crippen molar-refractivity contribution in [3.8, 4) is 0 Å². The third kappa shape index (κ3) is 2.98. The lowest BCUT2D eigenvalue weighted by atomic mass is 10.3. The van der Waals surface area contributed by atoms with Crippen molar-refractivity contribution < 1.29 is 4.79 Å². The lowest BCUT2D eigenvalue weighted by Gasteiger charge is -2.20. The average molecular weight is 279 g/mol. The van der Waals surface area contributed by atoms with Crippen LogP contribution in [0.2, 0.25) is 0 Å². The standard InChI is InChI=1S/C14H21N3OS/c1-16(8-9-17-6-2-3-7-17)14-15-13(11-4-5-11)12(10-18)19-14/h10-11H,2-9H2,1H3. The summed E-state index contributed by atoms with van der Waals surface area (Å²) in [6, 6.07) is 0. The highest BCUT2D eigenvalue weighted by Crippen LogP contribution is 2.43. The number of nitrogens with zero attached hydrogens (tertiary/aromatic N) is 3. The summed E-state index contributed by atoms with van der Waals surface area (Å²) in [5.41, 5.74) is 1.04. The number of anilines is 1. The number of likely N-dealkylation sites (tertiary alicyclic amines) is 1. The summed E-state index contributed by atoms with van der Waals surface area (Å²) >= 11 is 1.55. The molecule has 0 spiro atoms. The van der Waals surface area contributed by atoms with Gasteiger partial charge in [0.05, 0.1) is 10.6 Å². The van der Waals surface area contributed by atoms with Crippen molar-refractivity contribution in [1.82, 2.24) is 9.88 Å². The molecule has 1 aliphatic heterocycles. The van der Waals surface area contributed by atoms with E-state index in [-0.39, 0.29) is 0 Å². The van der Waals surface area contributed by atoms with E-state index in [0.29, 0.717) is 5.92 Å². The Balaban J connectivity index is 1.61. The lowest BCUT2D eigenvalue weighted by molar-refractivity contribution is 0.112. The predicted octanol–water partition coefficient (Wildman–Crippen LogP) is 2.37. The Morgan fingerprint density at radius 1 is 1.42 bits per heavy atom. The number of aldehydes is 1. The number of hydrogen-bond donors (Lipinski definition) is 0. The molecule has 2 heterocycles. The monoisotopic (exact) mass is 279 g/mol. The minimum absolute atomic E-state index is 0.553. The van der Waals surface area contributed by atoms with Crippen molar-refractivity contribution in [2.45, 2.75) is 31.6 Å². The number of carbonyl (C=O) groups excluding carboxylic acids is 1. The lowest BCUT2D eigenvalue weighted by Crippen LogP contribution is -2.31. The maximum Gasteiger partial charge on any atom is 0.186 e. The van der Waals surface area contributed by atoms with Crippen LogP contribution in [0.3, 0.4) is 0 Å². The maximum absolute atomic E-state index is 11.1. The second-order valence-corrected chi connectivity index (χ2v) is 6.62. The van der Waals surface area contributed by atoms with Crippen LogP contribution in [0.5, 0.6) is 0 Å². The van der Waals surface area contributed by atoms with Crippen molar-refractivity contribution in [3.63, 3.8) is 0 Å². The highest BCUT2D eigenvalue weighted by molar-refractivity contribution is 7.17. The molecule has 4 nitrogen and oxygen atoms in total. The van der Waals surface area contributed by atoms with Gasteiger partial charge in [-0.15, -0.1) is 0 Å². The number of hydrogen-bond acceptors (Lipinski definition) is 5. The van der Waals surface area contributed by atoms with Gasteiger partial charge in [0.2, 0.25) is 0 Å². The molecule has 2 aliphatic rings. The summed E-state index contributed by atoms with van der Waals surface area (Å²) in [5, 5.41) is 1.00. The fourth-order valence-electron chi connectivity index (χ4n) is 2.62. The van der Waals surface area contributed by atoms with Gasteiger partial charge in [-0.2, -0.15) is 0 Å². The van der Waals surface area contributed by atoms with Gasteiger partial charge in [-0.1, -0.05) is 11.3 Å². The van der Waals surface area contributed by atoms with Gasteiger partial charge in [0.15, 0.2) is 11.4 Å². The summed E-state index contributed by atoms with van der Waals surface area (Å²) in [6.45, 7) is 4.57. The van der Waals surface area contributed by atoms with Crippen LogP contribution in [0.25, 0.3) is 0 Å². The molecule has 19 heavy (non-hydrogen) atoms. The third-order valence-electron chi connectivity index (χ3n) is 4.02. The highest BCUT2D eigenvalue weighted by Gasteiger charge is 2.30. The van der Waals surface area contributed by atoms with Crippen molar-refractivity contribution in [2.75, 3.05) is 38.1 Å². The highest BCUT2D eigenvalue weighted by atomic mass is 32.1. The molecule has 1 aliphatic carbocycles. The third-order valence-corrected chi connectivity index (χ3v) is 5.13. The van der Waals surface area contributed by atoms with Gasteiger partial charge in [-0.25, -0.2) is 4.98 Å². The molecule has 1 aromatic heterocycles. The first kappa shape index (κ1) is 13.1. The maximum atomic E-state index is 11.1. The minimum Gasteiger partial charge on any atom is -0.350 e. The molecule has 0 atom stereocenters. The van der Waals surface area contributed by atoms with E-state index in [4.69, 9.17) is 0 Å². The predicted molar refractivity (Wildman–Crippen MR) is 78.4 cm³/mol. The van der Waals surface area contributed by atoms with E-state index < -0.39 is 0 Å². The van der Waals surface area contributed by atoms with Crippen LogP contribution in [0.4, 0.5) is 5.13 Å². The van der Waals surface area contributed by atoms with Crippen LogP contribution >= 0.6 is 11.3 Å². The largest absolute Gasteiger partial charge is 0.350 e. The zero-order chi connectivity index (χ0) is 13.2. The molecule has 1 saturated carbocycles. The van der Waals surface area contributed by atoms with Crippen molar-refractivity contribution in [2.24, 2.45) is 0 Å².